The van der Waals surface area contributed by atoms with Crippen LogP contribution in [0.3, 0.4) is 0 Å². The second-order valence-corrected chi connectivity index (χ2v) is 7.80. The molecule has 15 nitrogen and oxygen atoms in total. The first-order chi connectivity index (χ1) is 16.0. The lowest BCUT2D eigenvalue weighted by atomic mass is 9.99. The van der Waals surface area contributed by atoms with Gasteiger partial charge >= 0.3 is 5.97 Å². The van der Waals surface area contributed by atoms with Gasteiger partial charge < -0.3 is 65.1 Å². The van der Waals surface area contributed by atoms with E-state index in [0.29, 0.717) is 0 Å². The van der Waals surface area contributed by atoms with Crippen molar-refractivity contribution < 1.29 is 64.7 Å². The number of hydrogen-bond donors (Lipinski definition) is 8. The Labute approximate surface area is 192 Å². The zero-order valence-electron chi connectivity index (χ0n) is 17.5. The molecule has 2 aliphatic heterocycles. The molecule has 8 N–H and O–H groups in total. The van der Waals surface area contributed by atoms with Crippen molar-refractivity contribution in [2.45, 2.75) is 54.8 Å². The molecule has 0 aromatic heterocycles. The van der Waals surface area contributed by atoms with Crippen LogP contribution in [0.2, 0.25) is 0 Å². The average molecular weight is 492 g/mol. The summed E-state index contributed by atoms with van der Waals surface area (Å²) < 4.78 is 21.0. The van der Waals surface area contributed by atoms with Gasteiger partial charge in [0.15, 0.2) is 6.29 Å². The minimum absolute atomic E-state index is 0.0185. The van der Waals surface area contributed by atoms with Crippen LogP contribution >= 0.6 is 0 Å². The van der Waals surface area contributed by atoms with Crippen LogP contribution in [0.25, 0.3) is 0 Å². The van der Waals surface area contributed by atoms with E-state index >= 15 is 0 Å². The topological polar surface area (TPSA) is 242 Å². The number of esters is 1. The zero-order valence-corrected chi connectivity index (χ0v) is 17.5. The van der Waals surface area contributed by atoms with Crippen molar-refractivity contribution >= 4 is 11.7 Å². The number of aliphatic hydroxyl groups is 7. The van der Waals surface area contributed by atoms with Crippen LogP contribution < -0.4 is 5.23 Å². The molecule has 34 heavy (non-hydrogen) atoms. The molecule has 3 rings (SSSR count). The van der Waals surface area contributed by atoms with E-state index in [1.807, 2.05) is 0 Å². The van der Waals surface area contributed by atoms with Crippen LogP contribution in [0.15, 0.2) is 24.3 Å². The minimum atomic E-state index is -2.34. The van der Waals surface area contributed by atoms with Gasteiger partial charge in [0.2, 0.25) is 5.79 Å². The van der Waals surface area contributed by atoms with Crippen LogP contribution in [0, 0.1) is 5.21 Å². The van der Waals surface area contributed by atoms with Gasteiger partial charge in [0.25, 0.3) is 0 Å². The number of nitrogens with zero attached hydrogens (tertiary/aromatic N) is 1. The van der Waals surface area contributed by atoms with Gasteiger partial charge in [-0.05, 0) is 24.3 Å². The lowest BCUT2D eigenvalue weighted by Crippen LogP contribution is -2.62. The molecule has 2 heterocycles. The summed E-state index contributed by atoms with van der Waals surface area (Å²) in [7, 11) is 0. The molecule has 0 amide bonds. The summed E-state index contributed by atoms with van der Waals surface area (Å²) in [6.45, 7) is -2.42. The Bertz CT molecular complexity index is 824. The van der Waals surface area contributed by atoms with Crippen molar-refractivity contribution in [3.63, 3.8) is 0 Å². The molecule has 15 heteroatoms. The number of carbonyl (C=O) groups excluding carboxylic acids is 1. The van der Waals surface area contributed by atoms with Gasteiger partial charge in [-0.25, -0.2) is 4.79 Å². The maximum Gasteiger partial charge on any atom is 0.338 e. The number of hydrogen-bond acceptors (Lipinski definition) is 15. The highest BCUT2D eigenvalue weighted by molar-refractivity contribution is 5.89. The molecule has 2 fully saturated rings. The molecule has 0 aliphatic carbocycles. The number of carbonyl (C=O) groups is 1. The van der Waals surface area contributed by atoms with Crippen molar-refractivity contribution in [3.05, 3.63) is 35.0 Å². The molecule has 9 atom stereocenters. The highest BCUT2D eigenvalue weighted by atomic mass is 16.8. The number of anilines is 1. The van der Waals surface area contributed by atoms with E-state index in [2.05, 4.69) is 0 Å². The second kappa shape index (κ2) is 10.7. The normalized spacial score (nSPS) is 38.0. The van der Waals surface area contributed by atoms with Gasteiger partial charge in [0, 0.05) is 0 Å². The maximum atomic E-state index is 12.2. The zero-order chi connectivity index (χ0) is 25.2. The van der Waals surface area contributed by atoms with Gasteiger partial charge in [-0.3, -0.25) is 5.21 Å². The largest absolute Gasteiger partial charge is 0.733 e. The molecule has 0 saturated carbocycles. The fourth-order valence-electron chi connectivity index (χ4n) is 3.58. The SMILES string of the molecule is O=C(OC[C@@H]1O[C@@H](O[C@@]2(CO)O[C@@H](CO)[C@@H](O)[C@H]2O)[C@@H](O)[C@H](O)[C@@H]1O)c1ccc(N([O-])O)cc1. The molecule has 1 aromatic rings. The first kappa shape index (κ1) is 26.6. The Morgan fingerprint density at radius 1 is 1.00 bits per heavy atom. The second-order valence-electron chi connectivity index (χ2n) is 7.80. The summed E-state index contributed by atoms with van der Waals surface area (Å²) in [4.78, 5) is 12.2. The summed E-state index contributed by atoms with van der Waals surface area (Å²) in [5.74, 6) is -3.25. The summed E-state index contributed by atoms with van der Waals surface area (Å²) in [5.41, 5.74) is -0.155. The van der Waals surface area contributed by atoms with Crippen molar-refractivity contribution in [1.82, 2.24) is 0 Å². The molecule has 0 bridgehead atoms. The van der Waals surface area contributed by atoms with Crippen molar-refractivity contribution in [3.8, 4) is 0 Å². The summed E-state index contributed by atoms with van der Waals surface area (Å²) in [5, 5.41) is 89.0. The molecule has 0 radical (unpaired) electrons. The van der Waals surface area contributed by atoms with Crippen LogP contribution in [0.5, 0.6) is 0 Å². The van der Waals surface area contributed by atoms with Crippen molar-refractivity contribution in [1.29, 1.82) is 0 Å². The third-order valence-corrected chi connectivity index (χ3v) is 5.59. The van der Waals surface area contributed by atoms with E-state index in [1.165, 1.54) is 12.1 Å². The third-order valence-electron chi connectivity index (χ3n) is 5.59. The van der Waals surface area contributed by atoms with E-state index in [0.717, 1.165) is 12.1 Å². The number of rotatable bonds is 8. The van der Waals surface area contributed by atoms with E-state index in [-0.39, 0.29) is 11.3 Å². The maximum absolute atomic E-state index is 12.2. The van der Waals surface area contributed by atoms with Gasteiger partial charge in [-0.15, -0.1) is 0 Å². The summed E-state index contributed by atoms with van der Waals surface area (Å²) in [6, 6.07) is 4.67. The molecule has 192 valence electrons. The Balaban J connectivity index is 1.68. The average Bonchev–Trinajstić information content (AvgIpc) is 3.08. The number of aliphatic hydroxyl groups excluding tert-OH is 7. The number of ether oxygens (including phenoxy) is 4. The fraction of sp³-hybridized carbons (Fsp3) is 0.632. The predicted octanol–water partition coefficient (Wildman–Crippen LogP) is -3.84. The quantitative estimate of drug-likeness (QED) is 0.128. The van der Waals surface area contributed by atoms with E-state index < -0.39 is 85.8 Å². The third kappa shape index (κ3) is 5.15. The monoisotopic (exact) mass is 492 g/mol. The first-order valence-corrected chi connectivity index (χ1v) is 10.1. The Morgan fingerprint density at radius 3 is 2.18 bits per heavy atom. The minimum Gasteiger partial charge on any atom is -0.733 e. The van der Waals surface area contributed by atoms with Crippen LogP contribution in [-0.4, -0.2) is 122 Å². The smallest absolute Gasteiger partial charge is 0.338 e. The summed E-state index contributed by atoms with van der Waals surface area (Å²) in [6.07, 6.45) is -13.7. The first-order valence-electron chi connectivity index (χ1n) is 10.1. The molecule has 0 unspecified atom stereocenters. The summed E-state index contributed by atoms with van der Waals surface area (Å²) >= 11 is 0. The van der Waals surface area contributed by atoms with Gasteiger partial charge in [0.1, 0.15) is 55.9 Å². The molecule has 2 saturated heterocycles. The Morgan fingerprint density at radius 2 is 1.65 bits per heavy atom. The van der Waals surface area contributed by atoms with E-state index in [9.17, 15) is 45.7 Å². The van der Waals surface area contributed by atoms with Crippen LogP contribution in [0.4, 0.5) is 5.69 Å². The van der Waals surface area contributed by atoms with Crippen molar-refractivity contribution in [2.75, 3.05) is 25.0 Å². The highest BCUT2D eigenvalue weighted by Crippen LogP contribution is 2.36. The molecular formula is C19H26NO14-. The van der Waals surface area contributed by atoms with Gasteiger partial charge in [0.05, 0.1) is 17.9 Å². The van der Waals surface area contributed by atoms with Crippen LogP contribution in [0.1, 0.15) is 10.4 Å². The van der Waals surface area contributed by atoms with Gasteiger partial charge in [-0.1, -0.05) is 0 Å². The van der Waals surface area contributed by atoms with Crippen LogP contribution in [-0.2, 0) is 18.9 Å². The lowest BCUT2D eigenvalue weighted by Gasteiger charge is -2.43. The van der Waals surface area contributed by atoms with E-state index in [4.69, 9.17) is 24.2 Å². The Kier molecular flexibility index (Phi) is 8.40. The molecule has 2 aliphatic rings. The lowest BCUT2D eigenvalue weighted by molar-refractivity contribution is -0.383. The molecule has 0 spiro atoms. The number of benzene rings is 1. The highest BCUT2D eigenvalue weighted by Gasteiger charge is 2.58. The molecule has 1 aromatic carbocycles. The van der Waals surface area contributed by atoms with Crippen molar-refractivity contribution in [2.24, 2.45) is 0 Å². The van der Waals surface area contributed by atoms with E-state index in [1.54, 1.807) is 0 Å². The molecular weight excluding hydrogens is 466 g/mol. The standard InChI is InChI=1S/C19H26NO14/c21-5-10-13(24)16(27)19(7-22,33-10)34-18-15(26)14(25)12(23)11(32-18)6-31-17(28)8-1-3-9(4-2-8)20(29)30/h1-4,10-16,18,21-27,29H,5-7H2/q-1/t10-,11-,12+,13+,14+,15-,16+,18-,19+/m0/s1. The predicted molar refractivity (Wildman–Crippen MR) is 106 cm³/mol. The Hall–Kier alpha value is -1.99. The fourth-order valence-corrected chi connectivity index (χ4v) is 3.58. The van der Waals surface area contributed by atoms with Gasteiger partial charge in [-0.2, -0.15) is 0 Å².